The van der Waals surface area contributed by atoms with Crippen molar-refractivity contribution in [3.8, 4) is 0 Å². The number of aliphatic carboxylic acids is 1. The Hall–Kier alpha value is -0.870. The van der Waals surface area contributed by atoms with Gasteiger partial charge in [0.25, 0.3) is 0 Å². The summed E-state index contributed by atoms with van der Waals surface area (Å²) in [5.74, 6) is -0.519. The normalized spacial score (nSPS) is 8.92. The summed E-state index contributed by atoms with van der Waals surface area (Å²) >= 11 is 0. The maximum absolute atomic E-state index is 9.25. The molecule has 78 valence electrons. The van der Waals surface area contributed by atoms with Crippen molar-refractivity contribution in [2.24, 2.45) is 5.92 Å². The molecule has 4 heteroatoms. The van der Waals surface area contributed by atoms with Crippen LogP contribution in [0.5, 0.6) is 0 Å². The molecule has 0 bridgehead atoms. The summed E-state index contributed by atoms with van der Waals surface area (Å²) in [4.78, 5) is 9.25. The summed E-state index contributed by atoms with van der Waals surface area (Å²) in [6.07, 6.45) is 2.45. The molecular formula is C9H18O4. The summed E-state index contributed by atoms with van der Waals surface area (Å²) in [5, 5.41) is 24.4. The first-order valence-electron chi connectivity index (χ1n) is 4.15. The van der Waals surface area contributed by atoms with Gasteiger partial charge >= 0.3 is 5.97 Å². The highest BCUT2D eigenvalue weighted by atomic mass is 16.4. The van der Waals surface area contributed by atoms with E-state index >= 15 is 0 Å². The average Bonchev–Trinajstić information content (AvgIpc) is 2.06. The molecule has 0 heterocycles. The lowest BCUT2D eigenvalue weighted by Gasteiger charge is -2.04. The van der Waals surface area contributed by atoms with Crippen LogP contribution in [0.1, 0.15) is 19.8 Å². The third-order valence-corrected chi connectivity index (χ3v) is 1.42. The first-order chi connectivity index (χ1) is 6.08. The predicted octanol–water partition coefficient (Wildman–Crippen LogP) is 0.644. The van der Waals surface area contributed by atoms with Crippen LogP contribution in [0, 0.1) is 5.92 Å². The second kappa shape index (κ2) is 11.1. The Balaban J connectivity index is 0. The van der Waals surface area contributed by atoms with Gasteiger partial charge in [-0.3, -0.25) is 0 Å². The molecule has 0 spiro atoms. The Morgan fingerprint density at radius 3 is 1.85 bits per heavy atom. The molecule has 0 saturated heterocycles. The molecule has 0 aliphatic rings. The Bertz CT molecular complexity index is 128. The molecule has 0 atom stereocenters. The zero-order valence-electron chi connectivity index (χ0n) is 7.94. The van der Waals surface area contributed by atoms with E-state index in [-0.39, 0.29) is 13.2 Å². The Morgan fingerprint density at radius 2 is 1.69 bits per heavy atom. The number of carboxylic acid groups (broad SMARTS) is 1. The van der Waals surface area contributed by atoms with Crippen LogP contribution < -0.4 is 0 Å². The molecule has 0 saturated carbocycles. The molecule has 0 aliphatic carbocycles. The molecule has 0 amide bonds. The van der Waals surface area contributed by atoms with Gasteiger partial charge < -0.3 is 15.3 Å². The molecule has 0 aromatic carbocycles. The Kier molecular flexibility index (Phi) is 12.5. The van der Waals surface area contributed by atoms with Crippen LogP contribution >= 0.6 is 0 Å². The van der Waals surface area contributed by atoms with Crippen LogP contribution in [0.25, 0.3) is 0 Å². The highest BCUT2D eigenvalue weighted by Gasteiger charge is 1.97. The highest BCUT2D eigenvalue weighted by Crippen LogP contribution is 2.03. The number of hydrogen-bond donors (Lipinski definition) is 3. The van der Waals surface area contributed by atoms with Gasteiger partial charge in [-0.2, -0.15) is 0 Å². The lowest BCUT2D eigenvalue weighted by molar-refractivity contribution is -0.131. The van der Waals surface area contributed by atoms with Crippen LogP contribution in [0.3, 0.4) is 0 Å². The Morgan fingerprint density at radius 1 is 1.38 bits per heavy atom. The molecule has 0 aromatic rings. The van der Waals surface area contributed by atoms with Gasteiger partial charge in [-0.25, -0.2) is 4.79 Å². The monoisotopic (exact) mass is 190 g/mol. The van der Waals surface area contributed by atoms with E-state index in [9.17, 15) is 4.79 Å². The molecule has 4 nitrogen and oxygen atoms in total. The van der Waals surface area contributed by atoms with Gasteiger partial charge in [-0.15, -0.1) is 0 Å². The first kappa shape index (κ1) is 14.6. The van der Waals surface area contributed by atoms with E-state index < -0.39 is 5.97 Å². The molecule has 0 rings (SSSR count). The van der Waals surface area contributed by atoms with Crippen molar-refractivity contribution in [2.45, 2.75) is 19.8 Å². The molecular weight excluding hydrogens is 172 g/mol. The topological polar surface area (TPSA) is 77.8 Å². The van der Waals surface area contributed by atoms with E-state index in [4.69, 9.17) is 15.3 Å². The predicted molar refractivity (Wildman–Crippen MR) is 50.4 cm³/mol. The van der Waals surface area contributed by atoms with Crippen LogP contribution in [-0.4, -0.2) is 34.5 Å². The summed E-state index contributed by atoms with van der Waals surface area (Å²) < 4.78 is 0. The number of carboxylic acids is 1. The van der Waals surface area contributed by atoms with Crippen LogP contribution in [0.2, 0.25) is 0 Å². The average molecular weight is 190 g/mol. The Labute approximate surface area is 78.5 Å². The fourth-order valence-corrected chi connectivity index (χ4v) is 0.585. The quantitative estimate of drug-likeness (QED) is 0.556. The van der Waals surface area contributed by atoms with E-state index in [1.54, 1.807) is 0 Å². The number of hydrogen-bond acceptors (Lipinski definition) is 3. The van der Waals surface area contributed by atoms with Gasteiger partial charge in [0.15, 0.2) is 0 Å². The van der Waals surface area contributed by atoms with Crippen molar-refractivity contribution >= 4 is 5.97 Å². The first-order valence-corrected chi connectivity index (χ1v) is 4.15. The standard InChI is InChI=1S/C6H14O2.C3H4O2/c1-6(2-4-7)3-5-8;1-2-3(4)5/h6-8H,2-5H2,1H3;2H,1H2,(H,4,5). The van der Waals surface area contributed by atoms with Crippen LogP contribution in [0.4, 0.5) is 0 Å². The summed E-state index contributed by atoms with van der Waals surface area (Å²) in [6.45, 7) is 5.46. The van der Waals surface area contributed by atoms with Gasteiger partial charge in [-0.05, 0) is 18.8 Å². The maximum Gasteiger partial charge on any atom is 0.327 e. The van der Waals surface area contributed by atoms with Gasteiger partial charge in [0.05, 0.1) is 0 Å². The molecule has 3 N–H and O–H groups in total. The number of rotatable bonds is 5. The number of carbonyl (C=O) groups is 1. The summed E-state index contributed by atoms with van der Waals surface area (Å²) in [7, 11) is 0. The minimum Gasteiger partial charge on any atom is -0.478 e. The molecule has 0 radical (unpaired) electrons. The molecule has 0 aliphatic heterocycles. The van der Waals surface area contributed by atoms with Crippen molar-refractivity contribution in [3.05, 3.63) is 12.7 Å². The minimum atomic E-state index is -0.981. The zero-order valence-corrected chi connectivity index (χ0v) is 7.94. The van der Waals surface area contributed by atoms with E-state index in [1.165, 1.54) is 0 Å². The van der Waals surface area contributed by atoms with Gasteiger partial charge in [0, 0.05) is 19.3 Å². The van der Waals surface area contributed by atoms with E-state index in [0.29, 0.717) is 5.92 Å². The van der Waals surface area contributed by atoms with Crippen molar-refractivity contribution in [3.63, 3.8) is 0 Å². The number of aliphatic hydroxyl groups excluding tert-OH is 2. The van der Waals surface area contributed by atoms with Gasteiger partial charge in [0.2, 0.25) is 0 Å². The van der Waals surface area contributed by atoms with Crippen LogP contribution in [0.15, 0.2) is 12.7 Å². The minimum absolute atomic E-state index is 0.237. The molecule has 0 fully saturated rings. The third-order valence-electron chi connectivity index (χ3n) is 1.42. The maximum atomic E-state index is 9.25. The summed E-state index contributed by atoms with van der Waals surface area (Å²) in [6, 6.07) is 0. The smallest absolute Gasteiger partial charge is 0.327 e. The lowest BCUT2D eigenvalue weighted by Crippen LogP contribution is -1.99. The van der Waals surface area contributed by atoms with Crippen molar-refractivity contribution < 1.29 is 20.1 Å². The summed E-state index contributed by atoms with van der Waals surface area (Å²) in [5.41, 5.74) is 0. The zero-order chi connectivity index (χ0) is 10.7. The van der Waals surface area contributed by atoms with E-state index in [0.717, 1.165) is 18.9 Å². The fraction of sp³-hybridized carbons (Fsp3) is 0.667. The van der Waals surface area contributed by atoms with Gasteiger partial charge in [-0.1, -0.05) is 13.5 Å². The van der Waals surface area contributed by atoms with Crippen molar-refractivity contribution in [1.29, 1.82) is 0 Å². The molecule has 0 aromatic heterocycles. The van der Waals surface area contributed by atoms with Crippen LogP contribution in [-0.2, 0) is 4.79 Å². The second-order valence-electron chi connectivity index (χ2n) is 2.67. The fourth-order valence-electron chi connectivity index (χ4n) is 0.585. The SMILES string of the molecule is C=CC(=O)O.CC(CCO)CCO. The van der Waals surface area contributed by atoms with Crippen molar-refractivity contribution in [2.75, 3.05) is 13.2 Å². The molecule has 13 heavy (non-hydrogen) atoms. The van der Waals surface area contributed by atoms with E-state index in [2.05, 4.69) is 6.58 Å². The molecule has 0 unspecified atom stereocenters. The van der Waals surface area contributed by atoms with Gasteiger partial charge in [0.1, 0.15) is 0 Å². The van der Waals surface area contributed by atoms with Crippen molar-refractivity contribution in [1.82, 2.24) is 0 Å². The highest BCUT2D eigenvalue weighted by molar-refractivity contribution is 5.78. The number of aliphatic hydroxyl groups is 2. The largest absolute Gasteiger partial charge is 0.478 e. The second-order valence-corrected chi connectivity index (χ2v) is 2.67. The third kappa shape index (κ3) is 18.2. The lowest BCUT2D eigenvalue weighted by atomic mass is 10.1. The van der Waals surface area contributed by atoms with E-state index in [1.807, 2.05) is 6.92 Å².